The molecule has 0 saturated carbocycles. The van der Waals surface area contributed by atoms with Crippen molar-refractivity contribution in [2.45, 2.75) is 6.54 Å². The van der Waals surface area contributed by atoms with E-state index in [-0.39, 0.29) is 0 Å². The number of hydrogen-bond donors (Lipinski definition) is 2. The Hall–Kier alpha value is -3.00. The van der Waals surface area contributed by atoms with Crippen LogP contribution in [0.2, 0.25) is 0 Å². The van der Waals surface area contributed by atoms with Crippen LogP contribution in [-0.2, 0) is 6.54 Å². The van der Waals surface area contributed by atoms with Gasteiger partial charge in [-0.25, -0.2) is 4.79 Å². The van der Waals surface area contributed by atoms with Gasteiger partial charge in [0.05, 0.1) is 17.1 Å². The molecule has 3 rings (SSSR count). The summed E-state index contributed by atoms with van der Waals surface area (Å²) in [4.78, 5) is 13.7. The van der Waals surface area contributed by atoms with Crippen LogP contribution in [0.5, 0.6) is 0 Å². The Balaban J connectivity index is 1.83. The van der Waals surface area contributed by atoms with Crippen molar-refractivity contribution < 1.29 is 4.42 Å². The Labute approximate surface area is 114 Å². The van der Waals surface area contributed by atoms with Gasteiger partial charge in [-0.15, -0.1) is 0 Å². The van der Waals surface area contributed by atoms with Crippen LogP contribution in [0.25, 0.3) is 11.1 Å². The van der Waals surface area contributed by atoms with Gasteiger partial charge in [-0.3, -0.25) is 4.98 Å². The zero-order valence-corrected chi connectivity index (χ0v) is 10.5. The Kier molecular flexibility index (Phi) is 2.98. The Bertz CT molecular complexity index is 855. The van der Waals surface area contributed by atoms with E-state index in [2.05, 4.69) is 16.4 Å². The molecule has 1 heterocycles. The zero-order valence-electron chi connectivity index (χ0n) is 10.5. The van der Waals surface area contributed by atoms with Gasteiger partial charge in [0, 0.05) is 12.2 Å². The first kappa shape index (κ1) is 12.1. The number of aromatic nitrogens is 1. The number of anilines is 1. The molecular weight excluding hydrogens is 254 g/mol. The van der Waals surface area contributed by atoms with Crippen LogP contribution < -0.4 is 11.1 Å². The molecule has 20 heavy (non-hydrogen) atoms. The second kappa shape index (κ2) is 4.94. The summed E-state index contributed by atoms with van der Waals surface area (Å²) >= 11 is 0. The van der Waals surface area contributed by atoms with Crippen molar-refractivity contribution >= 4 is 16.8 Å². The number of fused-ring (bicyclic) bond motifs is 1. The minimum absolute atomic E-state index is 0.466. The van der Waals surface area contributed by atoms with Gasteiger partial charge >= 0.3 is 5.76 Å². The number of hydrogen-bond acceptors (Lipinski definition) is 4. The molecule has 0 bridgehead atoms. The van der Waals surface area contributed by atoms with E-state index in [1.54, 1.807) is 18.2 Å². The monoisotopic (exact) mass is 265 g/mol. The van der Waals surface area contributed by atoms with Crippen LogP contribution in [-0.4, -0.2) is 4.98 Å². The van der Waals surface area contributed by atoms with Crippen molar-refractivity contribution in [1.29, 1.82) is 5.26 Å². The highest BCUT2D eigenvalue weighted by atomic mass is 16.4. The Morgan fingerprint density at radius 3 is 2.95 bits per heavy atom. The van der Waals surface area contributed by atoms with E-state index >= 15 is 0 Å². The van der Waals surface area contributed by atoms with Crippen LogP contribution in [0.15, 0.2) is 51.7 Å². The lowest BCUT2D eigenvalue weighted by atomic mass is 10.1. The van der Waals surface area contributed by atoms with Crippen molar-refractivity contribution in [1.82, 2.24) is 4.98 Å². The maximum Gasteiger partial charge on any atom is 0.417 e. The zero-order chi connectivity index (χ0) is 13.9. The summed E-state index contributed by atoms with van der Waals surface area (Å²) in [5, 5.41) is 12.3. The Morgan fingerprint density at radius 1 is 1.25 bits per heavy atom. The molecule has 0 aliphatic heterocycles. The van der Waals surface area contributed by atoms with Crippen molar-refractivity contribution in [2.75, 3.05) is 5.32 Å². The average Bonchev–Trinajstić information content (AvgIpc) is 2.84. The molecular formula is C15H11N3O2. The molecule has 98 valence electrons. The normalized spacial score (nSPS) is 10.3. The van der Waals surface area contributed by atoms with Crippen molar-refractivity contribution in [3.8, 4) is 6.07 Å². The number of nitrogens with zero attached hydrogens (tertiary/aromatic N) is 1. The number of H-pyrrole nitrogens is 1. The topological polar surface area (TPSA) is 81.8 Å². The van der Waals surface area contributed by atoms with Crippen molar-refractivity contribution in [3.63, 3.8) is 0 Å². The summed E-state index contributed by atoms with van der Waals surface area (Å²) < 4.78 is 4.94. The molecule has 0 radical (unpaired) electrons. The molecule has 5 nitrogen and oxygen atoms in total. The molecule has 3 aromatic rings. The molecule has 0 atom stereocenters. The largest absolute Gasteiger partial charge is 0.417 e. The third-order valence-electron chi connectivity index (χ3n) is 3.04. The predicted octanol–water partition coefficient (Wildman–Crippen LogP) is 2.60. The van der Waals surface area contributed by atoms with E-state index in [4.69, 9.17) is 9.68 Å². The van der Waals surface area contributed by atoms with E-state index in [9.17, 15) is 4.79 Å². The summed E-state index contributed by atoms with van der Waals surface area (Å²) in [5.74, 6) is -0.466. The van der Waals surface area contributed by atoms with Crippen molar-refractivity contribution in [2.24, 2.45) is 0 Å². The maximum absolute atomic E-state index is 11.1. The van der Waals surface area contributed by atoms with Gasteiger partial charge in [-0.05, 0) is 29.8 Å². The summed E-state index contributed by atoms with van der Waals surface area (Å²) in [6, 6.07) is 14.9. The fourth-order valence-electron chi connectivity index (χ4n) is 2.04. The molecule has 1 aromatic heterocycles. The van der Waals surface area contributed by atoms with Gasteiger partial charge in [-0.1, -0.05) is 18.2 Å². The summed E-state index contributed by atoms with van der Waals surface area (Å²) in [6.07, 6.45) is 0. The van der Waals surface area contributed by atoms with Gasteiger partial charge in [0.2, 0.25) is 0 Å². The molecule has 0 amide bonds. The number of rotatable bonds is 3. The lowest BCUT2D eigenvalue weighted by molar-refractivity contribution is 0.555. The molecule has 0 aliphatic carbocycles. The second-order valence-electron chi connectivity index (χ2n) is 4.35. The van der Waals surface area contributed by atoms with E-state index in [0.717, 1.165) is 11.3 Å². The highest BCUT2D eigenvalue weighted by Crippen LogP contribution is 2.17. The minimum Gasteiger partial charge on any atom is -0.408 e. The number of benzene rings is 2. The van der Waals surface area contributed by atoms with Crippen LogP contribution in [0.3, 0.4) is 0 Å². The van der Waals surface area contributed by atoms with E-state index in [1.807, 2.05) is 24.3 Å². The molecule has 0 unspecified atom stereocenters. The number of oxazole rings is 1. The number of nitrogens with one attached hydrogen (secondary N) is 2. The van der Waals surface area contributed by atoms with Crippen LogP contribution in [0.1, 0.15) is 11.1 Å². The minimum atomic E-state index is -0.466. The summed E-state index contributed by atoms with van der Waals surface area (Å²) in [7, 11) is 0. The predicted molar refractivity (Wildman–Crippen MR) is 75.3 cm³/mol. The van der Waals surface area contributed by atoms with E-state index < -0.39 is 5.76 Å². The lowest BCUT2D eigenvalue weighted by Crippen LogP contribution is -2.01. The first-order chi connectivity index (χ1) is 9.76. The molecule has 0 spiro atoms. The first-order valence-corrected chi connectivity index (χ1v) is 6.11. The molecule has 5 heteroatoms. The summed E-state index contributed by atoms with van der Waals surface area (Å²) in [5.41, 5.74) is 3.60. The van der Waals surface area contributed by atoms with Gasteiger partial charge in [0.25, 0.3) is 0 Å². The second-order valence-corrected chi connectivity index (χ2v) is 4.35. The van der Waals surface area contributed by atoms with Crippen LogP contribution >= 0.6 is 0 Å². The SMILES string of the molecule is N#Cc1ccccc1CNc1ccc2oc(=O)[nH]c2c1. The summed E-state index contributed by atoms with van der Waals surface area (Å²) in [6.45, 7) is 0.539. The standard InChI is InChI=1S/C15H11N3O2/c16-8-10-3-1-2-4-11(10)9-17-12-5-6-14-13(7-12)18-15(19)20-14/h1-7,17H,9H2,(H,18,19). The van der Waals surface area contributed by atoms with E-state index in [0.29, 0.717) is 23.2 Å². The van der Waals surface area contributed by atoms with Gasteiger partial charge < -0.3 is 9.73 Å². The fourth-order valence-corrected chi connectivity index (χ4v) is 2.04. The van der Waals surface area contributed by atoms with E-state index in [1.165, 1.54) is 0 Å². The smallest absolute Gasteiger partial charge is 0.408 e. The third-order valence-corrected chi connectivity index (χ3v) is 3.04. The number of nitriles is 1. The van der Waals surface area contributed by atoms with Gasteiger partial charge in [0.15, 0.2) is 5.58 Å². The maximum atomic E-state index is 11.1. The van der Waals surface area contributed by atoms with Crippen LogP contribution in [0, 0.1) is 11.3 Å². The van der Waals surface area contributed by atoms with Crippen molar-refractivity contribution in [3.05, 3.63) is 64.1 Å². The van der Waals surface area contributed by atoms with Gasteiger partial charge in [0.1, 0.15) is 0 Å². The third kappa shape index (κ3) is 2.27. The lowest BCUT2D eigenvalue weighted by Gasteiger charge is -2.07. The average molecular weight is 265 g/mol. The first-order valence-electron chi connectivity index (χ1n) is 6.11. The molecule has 0 saturated heterocycles. The molecule has 0 fully saturated rings. The highest BCUT2D eigenvalue weighted by molar-refractivity contribution is 5.76. The molecule has 0 aliphatic rings. The van der Waals surface area contributed by atoms with Gasteiger partial charge in [-0.2, -0.15) is 5.26 Å². The number of aromatic amines is 1. The van der Waals surface area contributed by atoms with Crippen LogP contribution in [0.4, 0.5) is 5.69 Å². The quantitative estimate of drug-likeness (QED) is 0.762. The molecule has 2 aromatic carbocycles. The molecule has 2 N–H and O–H groups in total. The highest BCUT2D eigenvalue weighted by Gasteiger charge is 2.03. The fraction of sp³-hybridized carbons (Fsp3) is 0.0667. The Morgan fingerprint density at radius 2 is 2.10 bits per heavy atom.